The zero-order chi connectivity index (χ0) is 12.0. The molecule has 1 aliphatic rings. The molecular weight excluding hydrogens is 204 g/mol. The highest BCUT2D eigenvalue weighted by atomic mass is 16.5. The van der Waals surface area contributed by atoms with Crippen molar-refractivity contribution in [3.63, 3.8) is 0 Å². The highest BCUT2D eigenvalue weighted by molar-refractivity contribution is 5.83. The molecule has 0 saturated carbocycles. The Hall–Kier alpha value is -0.610. The molecule has 0 aliphatic carbocycles. The van der Waals surface area contributed by atoms with Gasteiger partial charge in [-0.05, 0) is 33.2 Å². The van der Waals surface area contributed by atoms with Gasteiger partial charge in [-0.15, -0.1) is 0 Å². The summed E-state index contributed by atoms with van der Waals surface area (Å²) in [7, 11) is 0. The molecular formula is C12H24N2O2. The first-order chi connectivity index (χ1) is 7.60. The molecule has 1 fully saturated rings. The number of hydrogen-bond acceptors (Lipinski definition) is 3. The molecule has 2 N–H and O–H groups in total. The van der Waals surface area contributed by atoms with Gasteiger partial charge in [0.05, 0.1) is 18.1 Å². The lowest BCUT2D eigenvalue weighted by molar-refractivity contribution is -0.130. The second kappa shape index (κ2) is 6.21. The van der Waals surface area contributed by atoms with Gasteiger partial charge in [0.1, 0.15) is 0 Å². The predicted molar refractivity (Wildman–Crippen MR) is 64.3 cm³/mol. The molecule has 1 aliphatic heterocycles. The summed E-state index contributed by atoms with van der Waals surface area (Å²) < 4.78 is 5.39. The van der Waals surface area contributed by atoms with E-state index in [2.05, 4.69) is 17.6 Å². The van der Waals surface area contributed by atoms with E-state index in [0.29, 0.717) is 13.2 Å². The standard InChI is InChI=1S/C12H24N2O2/c1-4-12(5-6-13-9-12)11(15)14-7-8-16-10(2)3/h10,13H,4-9H2,1-3H3,(H,14,15). The molecule has 0 aromatic rings. The van der Waals surface area contributed by atoms with Gasteiger partial charge in [0, 0.05) is 13.1 Å². The fraction of sp³-hybridized carbons (Fsp3) is 0.917. The van der Waals surface area contributed by atoms with E-state index in [1.54, 1.807) is 0 Å². The molecule has 94 valence electrons. The SMILES string of the molecule is CCC1(C(=O)NCCOC(C)C)CCNC1. The van der Waals surface area contributed by atoms with Crippen LogP contribution in [-0.4, -0.2) is 38.3 Å². The Bertz CT molecular complexity index is 223. The van der Waals surface area contributed by atoms with Gasteiger partial charge in [-0.1, -0.05) is 6.92 Å². The van der Waals surface area contributed by atoms with E-state index >= 15 is 0 Å². The van der Waals surface area contributed by atoms with Gasteiger partial charge in [-0.25, -0.2) is 0 Å². The third-order valence-electron chi connectivity index (χ3n) is 3.24. The van der Waals surface area contributed by atoms with Gasteiger partial charge in [0.2, 0.25) is 5.91 Å². The summed E-state index contributed by atoms with van der Waals surface area (Å²) >= 11 is 0. The molecule has 1 saturated heterocycles. The Morgan fingerprint density at radius 2 is 2.31 bits per heavy atom. The second-order valence-corrected chi connectivity index (χ2v) is 4.74. The van der Waals surface area contributed by atoms with Crippen LogP contribution in [0.3, 0.4) is 0 Å². The van der Waals surface area contributed by atoms with E-state index in [1.807, 2.05) is 13.8 Å². The Morgan fingerprint density at radius 1 is 1.56 bits per heavy atom. The van der Waals surface area contributed by atoms with Crippen LogP contribution >= 0.6 is 0 Å². The maximum Gasteiger partial charge on any atom is 0.227 e. The van der Waals surface area contributed by atoms with Crippen LogP contribution in [0.2, 0.25) is 0 Å². The summed E-state index contributed by atoms with van der Waals surface area (Å²) in [4.78, 5) is 12.0. The van der Waals surface area contributed by atoms with Crippen molar-refractivity contribution in [2.24, 2.45) is 5.41 Å². The van der Waals surface area contributed by atoms with E-state index < -0.39 is 0 Å². The van der Waals surface area contributed by atoms with E-state index in [-0.39, 0.29) is 17.4 Å². The van der Waals surface area contributed by atoms with Crippen molar-refractivity contribution in [1.29, 1.82) is 0 Å². The normalized spacial score (nSPS) is 25.0. The molecule has 16 heavy (non-hydrogen) atoms. The number of amides is 1. The number of nitrogens with one attached hydrogen (secondary N) is 2. The molecule has 1 heterocycles. The van der Waals surface area contributed by atoms with E-state index in [1.165, 1.54) is 0 Å². The number of hydrogen-bond donors (Lipinski definition) is 2. The third kappa shape index (κ3) is 3.46. The highest BCUT2D eigenvalue weighted by Gasteiger charge is 2.38. The van der Waals surface area contributed by atoms with E-state index in [4.69, 9.17) is 4.74 Å². The minimum atomic E-state index is -0.183. The monoisotopic (exact) mass is 228 g/mol. The van der Waals surface area contributed by atoms with Crippen LogP contribution in [-0.2, 0) is 9.53 Å². The average molecular weight is 228 g/mol. The molecule has 0 bridgehead atoms. The average Bonchev–Trinajstić information content (AvgIpc) is 2.73. The van der Waals surface area contributed by atoms with Crippen LogP contribution in [0, 0.1) is 5.41 Å². The minimum absolute atomic E-state index is 0.173. The first-order valence-corrected chi connectivity index (χ1v) is 6.21. The molecule has 0 aromatic carbocycles. The Labute approximate surface area is 98.1 Å². The second-order valence-electron chi connectivity index (χ2n) is 4.74. The van der Waals surface area contributed by atoms with Crippen molar-refractivity contribution in [3.05, 3.63) is 0 Å². The van der Waals surface area contributed by atoms with Crippen LogP contribution < -0.4 is 10.6 Å². The van der Waals surface area contributed by atoms with Crippen LogP contribution in [0.25, 0.3) is 0 Å². The van der Waals surface area contributed by atoms with Crippen molar-refractivity contribution >= 4 is 5.91 Å². The number of rotatable bonds is 6. The van der Waals surface area contributed by atoms with Crippen LogP contribution in [0.4, 0.5) is 0 Å². The fourth-order valence-electron chi connectivity index (χ4n) is 2.05. The zero-order valence-corrected chi connectivity index (χ0v) is 10.6. The van der Waals surface area contributed by atoms with Crippen molar-refractivity contribution < 1.29 is 9.53 Å². The van der Waals surface area contributed by atoms with Crippen molar-refractivity contribution in [3.8, 4) is 0 Å². The lowest BCUT2D eigenvalue weighted by atomic mass is 9.83. The molecule has 0 aromatic heterocycles. The van der Waals surface area contributed by atoms with Crippen LogP contribution in [0.1, 0.15) is 33.6 Å². The lowest BCUT2D eigenvalue weighted by Gasteiger charge is -2.25. The smallest absolute Gasteiger partial charge is 0.227 e. The van der Waals surface area contributed by atoms with Gasteiger partial charge in [-0.3, -0.25) is 4.79 Å². The summed E-state index contributed by atoms with van der Waals surface area (Å²) in [5.74, 6) is 0.173. The molecule has 1 amide bonds. The molecule has 1 rings (SSSR count). The first kappa shape index (κ1) is 13.5. The summed E-state index contributed by atoms with van der Waals surface area (Å²) in [6.07, 6.45) is 2.07. The quantitative estimate of drug-likeness (QED) is 0.665. The van der Waals surface area contributed by atoms with Gasteiger partial charge in [0.25, 0.3) is 0 Å². The first-order valence-electron chi connectivity index (χ1n) is 6.21. The molecule has 1 unspecified atom stereocenters. The highest BCUT2D eigenvalue weighted by Crippen LogP contribution is 2.29. The van der Waals surface area contributed by atoms with Crippen molar-refractivity contribution in [2.75, 3.05) is 26.2 Å². The van der Waals surface area contributed by atoms with Gasteiger partial charge >= 0.3 is 0 Å². The van der Waals surface area contributed by atoms with E-state index in [9.17, 15) is 4.79 Å². The Kier molecular flexibility index (Phi) is 5.22. The predicted octanol–water partition coefficient (Wildman–Crippen LogP) is 0.917. The number of carbonyl (C=O) groups is 1. The fourth-order valence-corrected chi connectivity index (χ4v) is 2.05. The van der Waals surface area contributed by atoms with Crippen LogP contribution in [0.15, 0.2) is 0 Å². The minimum Gasteiger partial charge on any atom is -0.377 e. The summed E-state index contributed by atoms with van der Waals surface area (Å²) in [5.41, 5.74) is -0.183. The zero-order valence-electron chi connectivity index (χ0n) is 10.6. The van der Waals surface area contributed by atoms with Crippen molar-refractivity contribution in [2.45, 2.75) is 39.7 Å². The molecule has 1 atom stereocenters. The Balaban J connectivity index is 2.28. The van der Waals surface area contributed by atoms with Gasteiger partial charge < -0.3 is 15.4 Å². The van der Waals surface area contributed by atoms with Crippen molar-refractivity contribution in [1.82, 2.24) is 10.6 Å². The summed E-state index contributed by atoms with van der Waals surface area (Å²) in [6.45, 7) is 9.03. The third-order valence-corrected chi connectivity index (χ3v) is 3.24. The molecule has 4 nitrogen and oxygen atoms in total. The summed E-state index contributed by atoms with van der Waals surface area (Å²) in [6, 6.07) is 0. The molecule has 0 radical (unpaired) electrons. The maximum absolute atomic E-state index is 12.0. The largest absolute Gasteiger partial charge is 0.377 e. The topological polar surface area (TPSA) is 50.4 Å². The Morgan fingerprint density at radius 3 is 2.81 bits per heavy atom. The van der Waals surface area contributed by atoms with Crippen LogP contribution in [0.5, 0.6) is 0 Å². The molecule has 0 spiro atoms. The van der Waals surface area contributed by atoms with Gasteiger partial charge in [-0.2, -0.15) is 0 Å². The number of ether oxygens (including phenoxy) is 1. The molecule has 4 heteroatoms. The number of carbonyl (C=O) groups excluding carboxylic acids is 1. The van der Waals surface area contributed by atoms with E-state index in [0.717, 1.165) is 25.9 Å². The lowest BCUT2D eigenvalue weighted by Crippen LogP contribution is -2.43. The summed E-state index contributed by atoms with van der Waals surface area (Å²) in [5, 5.41) is 6.23. The van der Waals surface area contributed by atoms with Gasteiger partial charge in [0.15, 0.2) is 0 Å². The maximum atomic E-state index is 12.0.